The summed E-state index contributed by atoms with van der Waals surface area (Å²) in [7, 11) is -1.48. The Kier molecular flexibility index (Phi) is 9.79. The summed E-state index contributed by atoms with van der Waals surface area (Å²) >= 11 is 0. The van der Waals surface area contributed by atoms with Crippen molar-refractivity contribution >= 4 is 18.7 Å². The third-order valence-corrected chi connectivity index (χ3v) is 15.2. The summed E-state index contributed by atoms with van der Waals surface area (Å²) in [5.41, 5.74) is 1.45. The SMILES string of the molecule is Cn1cc(-c2c3cccn(Cc4ccccc4)c-3nc2-c2c(C(F)F)nn3c2OC[C@@H](O[Si](c2ccccc2)(c2ccccc2)C(C)(C)C)C3)c(OC(F)F)n1. The van der Waals surface area contributed by atoms with Gasteiger partial charge in [0.05, 0.1) is 29.5 Å². The molecule has 0 fully saturated rings. The van der Waals surface area contributed by atoms with Crippen molar-refractivity contribution in [3.8, 4) is 45.5 Å². The fourth-order valence-electron chi connectivity index (χ4n) is 7.86. The molecule has 0 saturated carbocycles. The first-order valence-corrected chi connectivity index (χ1v) is 20.2. The lowest BCUT2D eigenvalue weighted by atomic mass is 9.98. The second-order valence-corrected chi connectivity index (χ2v) is 19.1. The van der Waals surface area contributed by atoms with E-state index < -0.39 is 33.2 Å². The lowest BCUT2D eigenvalue weighted by Crippen LogP contribution is -2.68. The van der Waals surface area contributed by atoms with Crippen LogP contribution in [0.4, 0.5) is 17.6 Å². The third-order valence-electron chi connectivity index (χ3n) is 10.1. The van der Waals surface area contributed by atoms with Gasteiger partial charge < -0.3 is 18.5 Å². The van der Waals surface area contributed by atoms with Crippen LogP contribution < -0.4 is 19.8 Å². The molecule has 0 aliphatic carbocycles. The van der Waals surface area contributed by atoms with Crippen LogP contribution in [-0.4, -0.2) is 56.8 Å². The Morgan fingerprint density at radius 2 is 1.46 bits per heavy atom. The number of hydrogen-bond acceptors (Lipinski definition) is 6. The number of alkyl halides is 4. The zero-order valence-electron chi connectivity index (χ0n) is 31.2. The summed E-state index contributed by atoms with van der Waals surface area (Å²) in [5.74, 6) is 0.161. The Hall–Kier alpha value is -5.73. The molecule has 0 N–H and O–H groups in total. The molecule has 288 valence electrons. The van der Waals surface area contributed by atoms with Crippen molar-refractivity contribution in [1.29, 1.82) is 0 Å². The van der Waals surface area contributed by atoms with E-state index in [2.05, 4.69) is 55.2 Å². The van der Waals surface area contributed by atoms with E-state index in [1.165, 1.54) is 15.6 Å². The molecule has 14 heteroatoms. The minimum Gasteiger partial charge on any atom is -0.475 e. The summed E-state index contributed by atoms with van der Waals surface area (Å²) in [4.78, 5) is 4.99. The maximum absolute atomic E-state index is 15.2. The van der Waals surface area contributed by atoms with E-state index in [0.717, 1.165) is 15.9 Å². The van der Waals surface area contributed by atoms with E-state index in [9.17, 15) is 8.78 Å². The van der Waals surface area contributed by atoms with Gasteiger partial charge in [0.25, 0.3) is 14.7 Å². The molecule has 3 aliphatic heterocycles. The van der Waals surface area contributed by atoms with E-state index in [-0.39, 0.29) is 52.3 Å². The van der Waals surface area contributed by atoms with Gasteiger partial charge in [-0.15, -0.1) is 5.10 Å². The maximum Gasteiger partial charge on any atom is 0.388 e. The number of rotatable bonds is 11. The molecule has 9 nitrogen and oxygen atoms in total. The first-order chi connectivity index (χ1) is 26.9. The number of aryl methyl sites for hydroxylation is 1. The van der Waals surface area contributed by atoms with Gasteiger partial charge in [-0.25, -0.2) is 18.4 Å². The zero-order chi connectivity index (χ0) is 39.2. The average Bonchev–Trinajstić information content (AvgIpc) is 3.86. The smallest absolute Gasteiger partial charge is 0.388 e. The second kappa shape index (κ2) is 14.7. The minimum absolute atomic E-state index is 0.0341. The van der Waals surface area contributed by atoms with E-state index in [4.69, 9.17) is 18.9 Å². The molecule has 0 bridgehead atoms. The van der Waals surface area contributed by atoms with E-state index >= 15 is 8.78 Å². The van der Waals surface area contributed by atoms with Gasteiger partial charge in [-0.1, -0.05) is 112 Å². The molecule has 2 aromatic heterocycles. The van der Waals surface area contributed by atoms with Crippen LogP contribution in [0, 0.1) is 0 Å². The summed E-state index contributed by atoms with van der Waals surface area (Å²) in [6.07, 6.45) is -0.243. The number of pyridine rings is 1. The van der Waals surface area contributed by atoms with E-state index in [0.29, 0.717) is 17.9 Å². The molecular formula is C42H40F4N6O3Si. The standard InChI is InChI=1S/C42H40F4N6O3Si/c1-42(2,3)56(29-17-10-6-11-18-29,30-19-12-7-13-20-30)55-28-24-52-40(53-26-28)34(36(48-52)37(43)44)35-33(32-25-50(4)49-39(32)54-41(45)46)31-21-14-22-51(38(31)47-35)23-27-15-8-5-9-16-27/h5-22,25,28,37,41H,23-24,26H2,1-4H3/t28-/m0/s1. The first kappa shape index (κ1) is 37.2. The molecule has 5 heterocycles. The Bertz CT molecular complexity index is 2370. The zero-order valence-corrected chi connectivity index (χ0v) is 32.2. The van der Waals surface area contributed by atoms with Crippen molar-refractivity contribution < 1.29 is 31.5 Å². The van der Waals surface area contributed by atoms with Crippen LogP contribution in [0.15, 0.2) is 116 Å². The Balaban J connectivity index is 1.28. The van der Waals surface area contributed by atoms with E-state index in [1.807, 2.05) is 77.5 Å². The van der Waals surface area contributed by atoms with Crippen LogP contribution in [0.2, 0.25) is 5.04 Å². The minimum atomic E-state index is -3.18. The van der Waals surface area contributed by atoms with Crippen molar-refractivity contribution in [3.63, 3.8) is 0 Å². The highest BCUT2D eigenvalue weighted by Gasteiger charge is 2.52. The molecule has 5 aromatic rings. The normalized spacial score (nSPS) is 14.7. The van der Waals surface area contributed by atoms with Gasteiger partial charge >= 0.3 is 6.61 Å². The molecule has 1 atom stereocenters. The van der Waals surface area contributed by atoms with Gasteiger partial charge in [-0.05, 0) is 33.1 Å². The Morgan fingerprint density at radius 1 is 0.821 bits per heavy atom. The molecule has 0 spiro atoms. The molecule has 0 amide bonds. The van der Waals surface area contributed by atoms with Gasteiger partial charge in [0.1, 0.15) is 18.1 Å². The monoisotopic (exact) mass is 780 g/mol. The van der Waals surface area contributed by atoms with Gasteiger partial charge in [-0.2, -0.15) is 13.9 Å². The second-order valence-electron chi connectivity index (χ2n) is 14.9. The maximum atomic E-state index is 15.2. The molecule has 3 aromatic carbocycles. The van der Waals surface area contributed by atoms with Crippen LogP contribution in [0.25, 0.3) is 33.8 Å². The number of hydrogen-bond donors (Lipinski definition) is 0. The third kappa shape index (κ3) is 6.66. The van der Waals surface area contributed by atoms with Crippen LogP contribution in [0.3, 0.4) is 0 Å². The topological polar surface area (TPSA) is 81.2 Å². The van der Waals surface area contributed by atoms with Crippen molar-refractivity contribution in [3.05, 3.63) is 127 Å². The number of benzene rings is 3. The first-order valence-electron chi connectivity index (χ1n) is 18.3. The van der Waals surface area contributed by atoms with Crippen LogP contribution in [0.1, 0.15) is 38.5 Å². The van der Waals surface area contributed by atoms with Crippen LogP contribution in [0.5, 0.6) is 11.8 Å². The highest BCUT2D eigenvalue weighted by atomic mass is 28.4. The summed E-state index contributed by atoms with van der Waals surface area (Å²) in [6, 6.07) is 33.5. The van der Waals surface area contributed by atoms with Gasteiger partial charge in [-0.3, -0.25) is 4.68 Å². The summed E-state index contributed by atoms with van der Waals surface area (Å²) < 4.78 is 81.3. The fourth-order valence-corrected chi connectivity index (χ4v) is 12.5. The Morgan fingerprint density at radius 3 is 2.07 bits per heavy atom. The van der Waals surface area contributed by atoms with Gasteiger partial charge in [0.2, 0.25) is 11.8 Å². The number of fused-ring (bicyclic) bond motifs is 2. The summed E-state index contributed by atoms with van der Waals surface area (Å²) in [6.45, 7) is 3.89. The lowest BCUT2D eigenvalue weighted by molar-refractivity contribution is -0.0527. The van der Waals surface area contributed by atoms with Crippen LogP contribution in [-0.2, 0) is 24.6 Å². The molecule has 0 radical (unpaired) electrons. The van der Waals surface area contributed by atoms with Crippen molar-refractivity contribution in [2.75, 3.05) is 6.61 Å². The Labute approximate surface area is 322 Å². The number of aromatic nitrogens is 6. The lowest BCUT2D eigenvalue weighted by Gasteiger charge is -2.45. The molecule has 3 aliphatic rings. The molecular weight excluding hydrogens is 741 g/mol. The molecule has 8 rings (SSSR count). The van der Waals surface area contributed by atoms with Crippen LogP contribution >= 0.6 is 0 Å². The van der Waals surface area contributed by atoms with E-state index in [1.54, 1.807) is 19.2 Å². The van der Waals surface area contributed by atoms with Crippen molar-refractivity contribution in [2.45, 2.75) is 58.0 Å². The van der Waals surface area contributed by atoms with Gasteiger partial charge in [0, 0.05) is 37.1 Å². The molecule has 0 saturated heterocycles. The quantitative estimate of drug-likeness (QED) is 0.0974. The predicted molar refractivity (Wildman–Crippen MR) is 207 cm³/mol. The largest absolute Gasteiger partial charge is 0.475 e. The molecule has 56 heavy (non-hydrogen) atoms. The number of nitrogens with zero attached hydrogens (tertiary/aromatic N) is 6. The highest BCUT2D eigenvalue weighted by molar-refractivity contribution is 6.99. The summed E-state index contributed by atoms with van der Waals surface area (Å²) in [5, 5.41) is 10.4. The fraction of sp³-hybridized carbons (Fsp3) is 0.262. The van der Waals surface area contributed by atoms with Crippen molar-refractivity contribution in [2.24, 2.45) is 7.05 Å². The number of ether oxygens (including phenoxy) is 2. The predicted octanol–water partition coefficient (Wildman–Crippen LogP) is 8.18. The molecule has 0 unspecified atom stereocenters. The van der Waals surface area contributed by atoms with Crippen molar-refractivity contribution in [1.82, 2.24) is 29.1 Å². The highest BCUT2D eigenvalue weighted by Crippen LogP contribution is 2.50. The number of halogens is 4. The van der Waals surface area contributed by atoms with Gasteiger partial charge in [0.15, 0.2) is 0 Å². The average molecular weight is 781 g/mol.